The summed E-state index contributed by atoms with van der Waals surface area (Å²) < 4.78 is 0. The molecule has 0 amide bonds. The zero-order valence-electron chi connectivity index (χ0n) is 9.50. The van der Waals surface area contributed by atoms with Gasteiger partial charge in [-0.25, -0.2) is 0 Å². The Labute approximate surface area is 105 Å². The summed E-state index contributed by atoms with van der Waals surface area (Å²) in [7, 11) is 0. The second kappa shape index (κ2) is 11.6. The standard InChI is InChI=1S/C6H13NO2.Ca.2H2O.2H/c1-3-4(2)5(7)6(8)9;;;;;/h4-5H,3,7H2,1-2H3,(H,8,9);;2*1H2;;/q;+2;;;2*-1. The minimum absolute atomic E-state index is 0. The van der Waals surface area contributed by atoms with E-state index in [9.17, 15) is 4.79 Å². The van der Waals surface area contributed by atoms with E-state index >= 15 is 0 Å². The number of carboxylic acids is 1. The molecule has 0 aromatic heterocycles. The summed E-state index contributed by atoms with van der Waals surface area (Å²) in [6.07, 6.45) is 0.813. The van der Waals surface area contributed by atoms with Crippen LogP contribution in [0.2, 0.25) is 0 Å². The van der Waals surface area contributed by atoms with Gasteiger partial charge in [0.15, 0.2) is 0 Å². The second-order valence-electron chi connectivity index (χ2n) is 2.25. The third-order valence-corrected chi connectivity index (χ3v) is 1.54. The second-order valence-corrected chi connectivity index (χ2v) is 2.25. The summed E-state index contributed by atoms with van der Waals surface area (Å²) in [5.74, 6) is -0.841. The monoisotopic (exact) mass is 209 g/mol. The zero-order chi connectivity index (χ0) is 7.44. The van der Waals surface area contributed by atoms with Crippen molar-refractivity contribution in [2.45, 2.75) is 26.3 Å². The first-order valence-corrected chi connectivity index (χ1v) is 3.08. The van der Waals surface area contributed by atoms with Crippen LogP contribution >= 0.6 is 0 Å². The molecule has 0 aromatic carbocycles. The first-order valence-electron chi connectivity index (χ1n) is 3.08. The molecule has 0 fully saturated rings. The molecule has 5 nitrogen and oxygen atoms in total. The van der Waals surface area contributed by atoms with E-state index in [4.69, 9.17) is 10.8 Å². The van der Waals surface area contributed by atoms with Crippen LogP contribution in [-0.4, -0.2) is 65.8 Å². The van der Waals surface area contributed by atoms with Gasteiger partial charge in [-0.05, 0) is 5.92 Å². The van der Waals surface area contributed by atoms with Crippen molar-refractivity contribution < 1.29 is 23.7 Å². The molecule has 0 aliphatic rings. The topological polar surface area (TPSA) is 126 Å². The van der Waals surface area contributed by atoms with Gasteiger partial charge >= 0.3 is 43.7 Å². The van der Waals surface area contributed by atoms with Gasteiger partial charge in [-0.3, -0.25) is 4.79 Å². The van der Waals surface area contributed by atoms with Crippen LogP contribution < -0.4 is 5.73 Å². The summed E-state index contributed by atoms with van der Waals surface area (Å²) in [4.78, 5) is 10.2. The number of carboxylic acid groups (broad SMARTS) is 1. The molecule has 2 atom stereocenters. The molecule has 74 valence electrons. The first kappa shape index (κ1) is 22.9. The van der Waals surface area contributed by atoms with Crippen molar-refractivity contribution in [2.75, 3.05) is 0 Å². The van der Waals surface area contributed by atoms with Gasteiger partial charge in [-0.15, -0.1) is 0 Å². The van der Waals surface area contributed by atoms with E-state index in [-0.39, 0.29) is 57.5 Å². The summed E-state index contributed by atoms with van der Waals surface area (Å²) in [6.45, 7) is 3.76. The molecule has 6 heteroatoms. The zero-order valence-corrected chi connectivity index (χ0v) is 9.71. The van der Waals surface area contributed by atoms with Crippen molar-refractivity contribution in [1.82, 2.24) is 0 Å². The Balaban J connectivity index is -0.0000000320. The minimum atomic E-state index is -0.913. The normalized spacial score (nSPS) is 12.6. The molecule has 0 saturated heterocycles. The van der Waals surface area contributed by atoms with Crippen molar-refractivity contribution in [3.05, 3.63) is 0 Å². The van der Waals surface area contributed by atoms with Gasteiger partial charge in [0.2, 0.25) is 0 Å². The quantitative estimate of drug-likeness (QED) is 0.557. The van der Waals surface area contributed by atoms with E-state index in [2.05, 4.69) is 0 Å². The van der Waals surface area contributed by atoms with Crippen molar-refractivity contribution in [3.8, 4) is 0 Å². The SMILES string of the molecule is CCC(C)C(N)C(=O)O.O.O.[Ca+2].[H-].[H-]. The molecule has 0 bridgehead atoms. The van der Waals surface area contributed by atoms with Crippen LogP contribution in [0.1, 0.15) is 23.1 Å². The minimum Gasteiger partial charge on any atom is -1.00 e. The molecule has 0 heterocycles. The number of hydrogen-bond donors (Lipinski definition) is 2. The van der Waals surface area contributed by atoms with Gasteiger partial charge in [0.1, 0.15) is 6.04 Å². The number of rotatable bonds is 3. The number of nitrogens with two attached hydrogens (primary N) is 1. The Morgan fingerprint density at radius 1 is 1.58 bits per heavy atom. The van der Waals surface area contributed by atoms with Crippen LogP contribution in [0.5, 0.6) is 0 Å². The van der Waals surface area contributed by atoms with Crippen LogP contribution in [0.4, 0.5) is 0 Å². The Hall–Kier alpha value is 0.610. The maximum atomic E-state index is 10.2. The fourth-order valence-corrected chi connectivity index (χ4v) is 0.497. The van der Waals surface area contributed by atoms with Gasteiger partial charge in [-0.1, -0.05) is 20.3 Å². The Kier molecular flexibility index (Phi) is 22.2. The van der Waals surface area contributed by atoms with E-state index in [0.29, 0.717) is 0 Å². The third kappa shape index (κ3) is 8.70. The van der Waals surface area contributed by atoms with Crippen molar-refractivity contribution >= 4 is 43.7 Å². The Bertz CT molecular complexity index is 120. The summed E-state index contributed by atoms with van der Waals surface area (Å²) in [5, 5.41) is 8.36. The van der Waals surface area contributed by atoms with E-state index in [1.807, 2.05) is 13.8 Å². The Morgan fingerprint density at radius 3 is 2.00 bits per heavy atom. The van der Waals surface area contributed by atoms with Crippen molar-refractivity contribution in [2.24, 2.45) is 11.7 Å². The average Bonchev–Trinajstić information content (AvgIpc) is 1.84. The summed E-state index contributed by atoms with van der Waals surface area (Å²) in [5.41, 5.74) is 5.27. The Morgan fingerprint density at radius 2 is 1.92 bits per heavy atom. The van der Waals surface area contributed by atoms with Gasteiger partial charge < -0.3 is 24.6 Å². The van der Waals surface area contributed by atoms with E-state index in [0.717, 1.165) is 6.42 Å². The molecule has 0 aromatic rings. The molecule has 2 unspecified atom stereocenters. The number of carbonyl (C=O) groups is 1. The maximum absolute atomic E-state index is 10.2. The number of aliphatic carboxylic acids is 1. The van der Waals surface area contributed by atoms with Gasteiger partial charge in [-0.2, -0.15) is 0 Å². The van der Waals surface area contributed by atoms with Gasteiger partial charge in [0.05, 0.1) is 0 Å². The molecule has 7 N–H and O–H groups in total. The van der Waals surface area contributed by atoms with E-state index in [1.54, 1.807) is 0 Å². The molecule has 0 aliphatic heterocycles. The first-order chi connectivity index (χ1) is 4.09. The molecule has 0 rings (SSSR count). The fourth-order valence-electron chi connectivity index (χ4n) is 0.497. The molecular formula is C6H19CaNO4. The van der Waals surface area contributed by atoms with Crippen molar-refractivity contribution in [1.29, 1.82) is 0 Å². The van der Waals surface area contributed by atoms with Crippen LogP contribution in [-0.2, 0) is 4.79 Å². The fraction of sp³-hybridized carbons (Fsp3) is 0.833. The number of hydrogen-bond acceptors (Lipinski definition) is 2. The smallest absolute Gasteiger partial charge is 1.00 e. The largest absolute Gasteiger partial charge is 2.00 e. The third-order valence-electron chi connectivity index (χ3n) is 1.54. The van der Waals surface area contributed by atoms with Crippen LogP contribution in [0.15, 0.2) is 0 Å². The summed E-state index contributed by atoms with van der Waals surface area (Å²) in [6, 6.07) is -0.699. The molecule has 12 heavy (non-hydrogen) atoms. The molecule has 0 spiro atoms. The van der Waals surface area contributed by atoms with Crippen LogP contribution in [0.25, 0.3) is 0 Å². The molecule has 0 radical (unpaired) electrons. The van der Waals surface area contributed by atoms with Crippen LogP contribution in [0.3, 0.4) is 0 Å². The van der Waals surface area contributed by atoms with E-state index < -0.39 is 12.0 Å². The van der Waals surface area contributed by atoms with Crippen LogP contribution in [0, 0.1) is 5.92 Å². The molecular weight excluding hydrogens is 190 g/mol. The average molecular weight is 209 g/mol. The predicted octanol–water partition coefficient (Wildman–Crippen LogP) is -1.36. The summed E-state index contributed by atoms with van der Waals surface area (Å²) >= 11 is 0. The van der Waals surface area contributed by atoms with Gasteiger partial charge in [0, 0.05) is 0 Å². The predicted molar refractivity (Wildman–Crippen MR) is 50.3 cm³/mol. The maximum Gasteiger partial charge on any atom is 2.00 e. The molecule has 0 saturated carbocycles. The van der Waals surface area contributed by atoms with E-state index in [1.165, 1.54) is 0 Å². The molecule has 0 aliphatic carbocycles. The van der Waals surface area contributed by atoms with Crippen molar-refractivity contribution in [3.63, 3.8) is 0 Å². The van der Waals surface area contributed by atoms with Gasteiger partial charge in [0.25, 0.3) is 0 Å².